The highest BCUT2D eigenvalue weighted by molar-refractivity contribution is 6.46. The Labute approximate surface area is 183 Å². The lowest BCUT2D eigenvalue weighted by Gasteiger charge is -2.62. The van der Waals surface area contributed by atoms with E-state index in [1.165, 1.54) is 25.7 Å². The number of hydrogen-bond acceptors (Lipinski definition) is 4. The van der Waals surface area contributed by atoms with E-state index in [4.69, 9.17) is 9.31 Å². The quantitative estimate of drug-likeness (QED) is 0.656. The monoisotopic (exact) mass is 416 g/mol. The molecule has 5 heteroatoms. The topological polar surface area (TPSA) is 55.8 Å². The van der Waals surface area contributed by atoms with Gasteiger partial charge >= 0.3 is 7.12 Å². The minimum Gasteiger partial charge on any atom is -0.404 e. The summed E-state index contributed by atoms with van der Waals surface area (Å²) in [6, 6.07) is 0. The van der Waals surface area contributed by atoms with E-state index in [1.807, 2.05) is 0 Å². The summed E-state index contributed by atoms with van der Waals surface area (Å²) >= 11 is 0. The van der Waals surface area contributed by atoms with Gasteiger partial charge in [-0.05, 0) is 93.2 Å². The molecule has 0 bridgehead atoms. The second-order valence-corrected chi connectivity index (χ2v) is 11.8. The molecule has 5 fully saturated rings. The first kappa shape index (κ1) is 21.5. The zero-order chi connectivity index (χ0) is 21.1. The third kappa shape index (κ3) is 2.94. The Hall–Kier alpha value is -0.385. The first-order valence-electron chi connectivity index (χ1n) is 12.8. The molecule has 5 aliphatic rings. The normalized spacial score (nSPS) is 50.9. The Morgan fingerprint density at radius 3 is 2.67 bits per heavy atom. The van der Waals surface area contributed by atoms with Crippen LogP contribution in [0.3, 0.4) is 0 Å². The number of ketones is 1. The molecule has 0 aromatic heterocycles. The van der Waals surface area contributed by atoms with Gasteiger partial charge in [0.15, 0.2) is 5.78 Å². The van der Waals surface area contributed by atoms with Crippen molar-refractivity contribution >= 4 is 12.9 Å². The predicted octanol–water partition coefficient (Wildman–Crippen LogP) is 5.03. The van der Waals surface area contributed by atoms with Crippen LogP contribution in [0.15, 0.2) is 0 Å². The Kier molecular flexibility index (Phi) is 5.43. The van der Waals surface area contributed by atoms with E-state index in [0.717, 1.165) is 57.2 Å². The number of hydrogen-bond donors (Lipinski definition) is 1. The number of aliphatic hydroxyl groups is 1. The number of Topliss-reactive ketones (excluding diaryl/α,β-unsaturated/α-hetero) is 1. The van der Waals surface area contributed by atoms with E-state index in [2.05, 4.69) is 20.8 Å². The van der Waals surface area contributed by atoms with Crippen LogP contribution < -0.4 is 0 Å². The van der Waals surface area contributed by atoms with Gasteiger partial charge in [-0.15, -0.1) is 0 Å². The molecule has 8 atom stereocenters. The number of carbonyl (C=O) groups excluding carboxylic acids is 1. The molecule has 0 aromatic rings. The molecule has 1 heterocycles. The number of fused-ring (bicyclic) bond motifs is 6. The van der Waals surface area contributed by atoms with Crippen LogP contribution >= 0.6 is 0 Å². The van der Waals surface area contributed by atoms with Gasteiger partial charge in [0, 0.05) is 5.41 Å². The lowest BCUT2D eigenvalue weighted by Crippen LogP contribution is -2.63. The number of rotatable bonds is 3. The van der Waals surface area contributed by atoms with Gasteiger partial charge in [-0.1, -0.05) is 33.6 Å². The van der Waals surface area contributed by atoms with Crippen LogP contribution in [0.4, 0.5) is 0 Å². The fourth-order valence-corrected chi connectivity index (χ4v) is 9.01. The molecule has 168 valence electrons. The molecule has 4 saturated carbocycles. The highest BCUT2D eigenvalue weighted by Crippen LogP contribution is 2.69. The standard InChI is InChI=1S/C25H41BO4/c1-4-5-14-26-29-16-22(28)25(30-26)13-10-21-19-7-6-17-15-18(27)8-11-23(17,2)20(19)9-12-24(21,25)3/h17-21,27H,4-16H2,1-3H3. The summed E-state index contributed by atoms with van der Waals surface area (Å²) in [4.78, 5) is 13.3. The third-order valence-corrected chi connectivity index (χ3v) is 10.7. The molecule has 8 unspecified atom stereocenters. The van der Waals surface area contributed by atoms with Gasteiger partial charge in [-0.25, -0.2) is 0 Å². The molecule has 1 N–H and O–H groups in total. The van der Waals surface area contributed by atoms with E-state index < -0.39 is 5.60 Å². The molecule has 4 aliphatic carbocycles. The largest absolute Gasteiger partial charge is 0.457 e. The average Bonchev–Trinajstić information content (AvgIpc) is 3.02. The Balaban J connectivity index is 1.41. The molecule has 0 aromatic carbocycles. The number of aliphatic hydroxyl groups excluding tert-OH is 1. The molecule has 1 aliphatic heterocycles. The van der Waals surface area contributed by atoms with Gasteiger partial charge < -0.3 is 14.4 Å². The average molecular weight is 416 g/mol. The van der Waals surface area contributed by atoms with Gasteiger partial charge in [0.2, 0.25) is 0 Å². The third-order valence-electron chi connectivity index (χ3n) is 10.7. The van der Waals surface area contributed by atoms with Gasteiger partial charge in [-0.2, -0.15) is 0 Å². The van der Waals surface area contributed by atoms with Crippen LogP contribution in [0.5, 0.6) is 0 Å². The van der Waals surface area contributed by atoms with Gasteiger partial charge in [-0.3, -0.25) is 4.79 Å². The van der Waals surface area contributed by atoms with Gasteiger partial charge in [0.25, 0.3) is 0 Å². The summed E-state index contributed by atoms with van der Waals surface area (Å²) < 4.78 is 12.5. The second-order valence-electron chi connectivity index (χ2n) is 11.8. The van der Waals surface area contributed by atoms with Crippen molar-refractivity contribution in [1.82, 2.24) is 0 Å². The fraction of sp³-hybridized carbons (Fsp3) is 0.960. The zero-order valence-electron chi connectivity index (χ0n) is 19.3. The van der Waals surface area contributed by atoms with Crippen LogP contribution in [0.25, 0.3) is 0 Å². The van der Waals surface area contributed by atoms with E-state index >= 15 is 0 Å². The van der Waals surface area contributed by atoms with Crippen LogP contribution in [-0.2, 0) is 14.1 Å². The lowest BCUT2D eigenvalue weighted by atomic mass is 9.44. The molecule has 4 nitrogen and oxygen atoms in total. The summed E-state index contributed by atoms with van der Waals surface area (Å²) in [5, 5.41) is 10.3. The summed E-state index contributed by atoms with van der Waals surface area (Å²) in [5.74, 6) is 2.95. The highest BCUT2D eigenvalue weighted by Gasteiger charge is 2.69. The molecule has 1 spiro atoms. The summed E-state index contributed by atoms with van der Waals surface area (Å²) in [6.07, 6.45) is 13.1. The van der Waals surface area contributed by atoms with E-state index in [0.29, 0.717) is 23.2 Å². The second kappa shape index (κ2) is 7.59. The van der Waals surface area contributed by atoms with E-state index in [9.17, 15) is 9.90 Å². The minimum atomic E-state index is -0.611. The maximum absolute atomic E-state index is 13.3. The smallest absolute Gasteiger partial charge is 0.404 e. The highest BCUT2D eigenvalue weighted by atomic mass is 16.6. The minimum absolute atomic E-state index is 0.0448. The van der Waals surface area contributed by atoms with Crippen molar-refractivity contribution in [2.45, 2.75) is 109 Å². The zero-order valence-corrected chi connectivity index (χ0v) is 19.3. The SMILES string of the molecule is CCCCB1OCC(=O)C2(CCC3C4CCC5CC(O)CCC5(C)C4CCC32C)O1. The maximum Gasteiger partial charge on any atom is 0.457 e. The Bertz CT molecular complexity index is 684. The van der Waals surface area contributed by atoms with E-state index in [-0.39, 0.29) is 31.0 Å². The van der Waals surface area contributed by atoms with Gasteiger partial charge in [0.05, 0.1) is 12.7 Å². The van der Waals surface area contributed by atoms with Crippen molar-refractivity contribution in [2.24, 2.45) is 34.5 Å². The summed E-state index contributed by atoms with van der Waals surface area (Å²) in [5.41, 5.74) is -0.278. The molecule has 30 heavy (non-hydrogen) atoms. The summed E-state index contributed by atoms with van der Waals surface area (Å²) in [7, 11) is -0.205. The molecule has 1 saturated heterocycles. The lowest BCUT2D eigenvalue weighted by molar-refractivity contribution is -0.178. The van der Waals surface area contributed by atoms with Crippen LogP contribution in [-0.4, -0.2) is 36.3 Å². The van der Waals surface area contributed by atoms with E-state index in [1.54, 1.807) is 0 Å². The maximum atomic E-state index is 13.3. The molecule has 0 radical (unpaired) electrons. The van der Waals surface area contributed by atoms with Crippen molar-refractivity contribution in [3.63, 3.8) is 0 Å². The molecular formula is C25H41BO4. The first-order chi connectivity index (χ1) is 14.3. The van der Waals surface area contributed by atoms with Crippen molar-refractivity contribution in [3.05, 3.63) is 0 Å². The van der Waals surface area contributed by atoms with Crippen molar-refractivity contribution in [3.8, 4) is 0 Å². The van der Waals surface area contributed by atoms with Gasteiger partial charge in [0.1, 0.15) is 5.60 Å². The van der Waals surface area contributed by atoms with Crippen LogP contribution in [0.2, 0.25) is 6.32 Å². The molecule has 5 rings (SSSR count). The van der Waals surface area contributed by atoms with Crippen molar-refractivity contribution in [1.29, 1.82) is 0 Å². The first-order valence-corrected chi connectivity index (χ1v) is 12.8. The summed E-state index contributed by atoms with van der Waals surface area (Å²) in [6.45, 7) is 7.35. The fourth-order valence-electron chi connectivity index (χ4n) is 9.01. The Morgan fingerprint density at radius 2 is 1.87 bits per heavy atom. The van der Waals surface area contributed by atoms with Crippen molar-refractivity contribution in [2.75, 3.05) is 6.61 Å². The number of unbranched alkanes of at least 4 members (excludes halogenated alkanes) is 1. The van der Waals surface area contributed by atoms with Crippen molar-refractivity contribution < 1.29 is 19.2 Å². The Morgan fingerprint density at radius 1 is 1.07 bits per heavy atom. The number of carbonyl (C=O) groups is 1. The van der Waals surface area contributed by atoms with Crippen LogP contribution in [0, 0.1) is 34.5 Å². The predicted molar refractivity (Wildman–Crippen MR) is 118 cm³/mol. The molecule has 0 amide bonds. The van der Waals surface area contributed by atoms with Crippen LogP contribution in [0.1, 0.15) is 91.4 Å². The molecular weight excluding hydrogens is 375 g/mol.